The molecule has 1 amide bonds. The topological polar surface area (TPSA) is 29.1 Å². The van der Waals surface area contributed by atoms with Crippen LogP contribution < -0.4 is 10.6 Å². The van der Waals surface area contributed by atoms with Crippen LogP contribution in [-0.4, -0.2) is 5.91 Å². The van der Waals surface area contributed by atoms with Gasteiger partial charge in [0.2, 0.25) is 5.91 Å². The number of hydrogen-bond acceptors (Lipinski definition) is 1. The predicted octanol–water partition coefficient (Wildman–Crippen LogP) is 5.12. The van der Waals surface area contributed by atoms with Gasteiger partial charge in [-0.25, -0.2) is 0 Å². The average molecular weight is 423 g/mol. The number of nitrogens with one attached hydrogen (secondary N) is 1. The first kappa shape index (κ1) is 23.1. The van der Waals surface area contributed by atoms with Gasteiger partial charge in [-0.2, -0.15) is 0 Å². The van der Waals surface area contributed by atoms with E-state index in [1.165, 1.54) is 10.8 Å². The van der Waals surface area contributed by atoms with Crippen LogP contribution in [0, 0.1) is 75.5 Å². The maximum absolute atomic E-state index is 11.8. The number of carbonyl (C=O) groups excluding carboxylic acids is 1. The summed E-state index contributed by atoms with van der Waals surface area (Å²) in [6.07, 6.45) is 0. The van der Waals surface area contributed by atoms with Crippen LogP contribution in [0.25, 0.3) is 32.7 Å². The second-order valence-corrected chi connectivity index (χ2v) is 6.76. The maximum atomic E-state index is 11.8. The molecule has 1 atom stereocenters. The second-order valence-electron chi connectivity index (χ2n) is 6.14. The summed E-state index contributed by atoms with van der Waals surface area (Å²) >= 11 is 0. The zero-order chi connectivity index (χ0) is 17.4. The quantitative estimate of drug-likeness (QED) is 0.446. The summed E-state index contributed by atoms with van der Waals surface area (Å²) in [5, 5.41) is 8.77. The maximum Gasteiger partial charge on any atom is 0.221 e. The van der Waals surface area contributed by atoms with Crippen LogP contribution in [0.2, 0.25) is 0 Å². The molecule has 0 fully saturated rings. The minimum Gasteiger partial charge on any atom is -0.326 e. The van der Waals surface area contributed by atoms with Crippen molar-refractivity contribution >= 4 is 47.7 Å². The fourth-order valence-electron chi connectivity index (χ4n) is 3.40. The second kappa shape index (κ2) is 10.0. The van der Waals surface area contributed by atoms with E-state index in [2.05, 4.69) is 63.1 Å². The van der Waals surface area contributed by atoms with Crippen LogP contribution in [0.5, 0.6) is 0 Å². The Morgan fingerprint density at radius 1 is 0.741 bits per heavy atom. The molecule has 5 heteroatoms. The number of fused-ring (bicyclic) bond motifs is 2. The number of rotatable bonds is 2. The number of anilines is 1. The van der Waals surface area contributed by atoms with E-state index in [-0.39, 0.29) is 81.4 Å². The van der Waals surface area contributed by atoms with E-state index in [9.17, 15) is 4.79 Å². The van der Waals surface area contributed by atoms with Crippen LogP contribution in [0.1, 0.15) is 6.92 Å². The summed E-state index contributed by atoms with van der Waals surface area (Å²) in [5.41, 5.74) is 3.05. The fraction of sp³-hybridized carbons (Fsp3) is 0.0455. The Hall–Kier alpha value is -0.181. The van der Waals surface area contributed by atoms with Gasteiger partial charge in [-0.05, 0) is 38.5 Å². The third-order valence-electron chi connectivity index (χ3n) is 4.45. The predicted molar refractivity (Wildman–Crippen MR) is 111 cm³/mol. The molecule has 4 aromatic rings. The summed E-state index contributed by atoms with van der Waals surface area (Å²) in [4.78, 5) is 11.8. The van der Waals surface area contributed by atoms with Crippen LogP contribution in [-0.2, 0) is 4.79 Å². The summed E-state index contributed by atoms with van der Waals surface area (Å²) < 4.78 is 0. The third kappa shape index (κ3) is 4.70. The van der Waals surface area contributed by atoms with Crippen molar-refractivity contribution < 1.29 is 80.3 Å². The van der Waals surface area contributed by atoms with Crippen molar-refractivity contribution in [2.45, 2.75) is 6.92 Å². The van der Waals surface area contributed by atoms with Gasteiger partial charge >= 0.3 is 0 Å². The van der Waals surface area contributed by atoms with Crippen molar-refractivity contribution in [2.75, 3.05) is 5.32 Å². The number of amides is 1. The molecule has 1 N–H and O–H groups in total. The first-order chi connectivity index (χ1) is 12.1. The SMILES string of the molecule is CC(=O)Nc1ccc2ccccc2c1-c1c(P)ccc2ccccc12.[Ar].[Ar]. The van der Waals surface area contributed by atoms with E-state index < -0.39 is 0 Å². The molecule has 0 bridgehead atoms. The van der Waals surface area contributed by atoms with Crippen LogP contribution in [0.4, 0.5) is 5.69 Å². The monoisotopic (exact) mass is 423 g/mol. The number of hydrogen-bond donors (Lipinski definition) is 1. The Bertz CT molecular complexity index is 1130. The van der Waals surface area contributed by atoms with Gasteiger partial charge < -0.3 is 5.32 Å². The van der Waals surface area contributed by atoms with Gasteiger partial charge in [0.05, 0.1) is 0 Å². The van der Waals surface area contributed by atoms with Crippen LogP contribution >= 0.6 is 9.24 Å². The van der Waals surface area contributed by atoms with Gasteiger partial charge in [0.1, 0.15) is 0 Å². The molecule has 2 nitrogen and oxygen atoms in total. The van der Waals surface area contributed by atoms with E-state index >= 15 is 0 Å². The van der Waals surface area contributed by atoms with E-state index in [4.69, 9.17) is 0 Å². The largest absolute Gasteiger partial charge is 0.326 e. The standard InChI is InChI=1S/C22H18NOP.2Ar/c1-14(24)23-19-12-10-15-6-2-4-8-17(15)21(19)22-18-9-5-3-7-16(18)11-13-20(22)25;;/h2-13H,25H2,1H3,(H,23,24);;. The molecule has 0 aromatic heterocycles. The Balaban J connectivity index is 0.00000131. The van der Waals surface area contributed by atoms with Gasteiger partial charge in [0.25, 0.3) is 0 Å². The molecule has 0 saturated carbocycles. The van der Waals surface area contributed by atoms with Crippen molar-refractivity contribution in [1.82, 2.24) is 0 Å². The van der Waals surface area contributed by atoms with Gasteiger partial charge in [0.15, 0.2) is 0 Å². The fourth-order valence-corrected chi connectivity index (χ4v) is 3.80. The Morgan fingerprint density at radius 3 is 1.85 bits per heavy atom. The smallest absolute Gasteiger partial charge is 0.221 e. The summed E-state index contributed by atoms with van der Waals surface area (Å²) in [6, 6.07) is 24.9. The third-order valence-corrected chi connectivity index (χ3v) is 4.93. The van der Waals surface area contributed by atoms with Crippen LogP contribution in [0.15, 0.2) is 72.8 Å². The summed E-state index contributed by atoms with van der Waals surface area (Å²) in [7, 11) is 2.84. The molecule has 4 rings (SSSR count). The zero-order valence-corrected chi connectivity index (χ0v) is 17.2. The van der Waals surface area contributed by atoms with E-state index in [0.29, 0.717) is 0 Å². The van der Waals surface area contributed by atoms with Gasteiger partial charge in [-0.1, -0.05) is 66.7 Å². The van der Waals surface area contributed by atoms with E-state index in [1.54, 1.807) is 6.92 Å². The van der Waals surface area contributed by atoms with Gasteiger partial charge in [-0.3, -0.25) is 4.79 Å². The van der Waals surface area contributed by atoms with Crippen molar-refractivity contribution in [3.05, 3.63) is 72.8 Å². The van der Waals surface area contributed by atoms with Crippen molar-refractivity contribution in [2.24, 2.45) is 0 Å². The van der Waals surface area contributed by atoms with Crippen molar-refractivity contribution in [3.8, 4) is 11.1 Å². The Labute approximate surface area is 221 Å². The molecular weight excluding hydrogens is 405 g/mol. The molecule has 0 aliphatic heterocycles. The molecule has 4 aromatic carbocycles. The van der Waals surface area contributed by atoms with Gasteiger partial charge in [0, 0.05) is 93.7 Å². The Kier molecular flexibility index (Phi) is 8.58. The molecular formula is C22H18Ar2NOP. The minimum atomic E-state index is -0.0675. The van der Waals surface area contributed by atoms with Gasteiger partial charge in [-0.15, -0.1) is 9.24 Å². The zero-order valence-electron chi connectivity index (χ0n) is 14.6. The summed E-state index contributed by atoms with van der Waals surface area (Å²) in [5.74, 6) is -0.0675. The molecule has 138 valence electrons. The molecule has 0 saturated heterocycles. The first-order valence-electron chi connectivity index (χ1n) is 8.22. The number of carbonyl (C=O) groups is 1. The van der Waals surface area contributed by atoms with E-state index in [1.807, 2.05) is 24.3 Å². The van der Waals surface area contributed by atoms with Crippen molar-refractivity contribution in [1.29, 1.82) is 0 Å². The van der Waals surface area contributed by atoms with E-state index in [0.717, 1.165) is 32.9 Å². The molecule has 1 unspecified atom stereocenters. The molecule has 0 heterocycles. The molecule has 0 radical (unpaired) electrons. The molecule has 27 heavy (non-hydrogen) atoms. The average Bonchev–Trinajstić information content (AvgIpc) is 2.62. The summed E-state index contributed by atoms with van der Waals surface area (Å²) in [6.45, 7) is 1.55. The number of benzene rings is 4. The van der Waals surface area contributed by atoms with Crippen molar-refractivity contribution in [3.63, 3.8) is 0 Å². The Morgan fingerprint density at radius 2 is 1.26 bits per heavy atom. The first-order valence-corrected chi connectivity index (χ1v) is 8.80. The normalized spacial score (nSPS) is 10.1. The molecule has 0 aliphatic rings. The molecule has 0 spiro atoms. The minimum absolute atomic E-state index is 0. The van der Waals surface area contributed by atoms with Crippen LogP contribution in [0.3, 0.4) is 0 Å². The molecule has 0 aliphatic carbocycles.